The van der Waals surface area contributed by atoms with Gasteiger partial charge in [0, 0.05) is 17.6 Å². The highest BCUT2D eigenvalue weighted by molar-refractivity contribution is 6.31. The Bertz CT molecular complexity index is 850. The van der Waals surface area contributed by atoms with Crippen LogP contribution in [-0.2, 0) is 16.1 Å². The summed E-state index contributed by atoms with van der Waals surface area (Å²) in [4.78, 5) is 36.1. The molecule has 2 aromatic rings. The number of methoxy groups -OCH3 is 1. The predicted molar refractivity (Wildman–Crippen MR) is 97.1 cm³/mol. The van der Waals surface area contributed by atoms with Crippen molar-refractivity contribution in [2.24, 2.45) is 0 Å². The molecule has 8 heteroatoms. The molecule has 7 nitrogen and oxygen atoms in total. The van der Waals surface area contributed by atoms with Crippen molar-refractivity contribution in [1.29, 1.82) is 0 Å². The van der Waals surface area contributed by atoms with Crippen molar-refractivity contribution in [3.05, 3.63) is 63.0 Å². The van der Waals surface area contributed by atoms with Gasteiger partial charge in [-0.05, 0) is 24.1 Å². The number of nitrogens with one attached hydrogen (secondary N) is 1. The number of carbonyl (C=O) groups excluding carboxylic acids is 2. The van der Waals surface area contributed by atoms with Gasteiger partial charge in [0.1, 0.15) is 5.69 Å². The number of benzene rings is 1. The predicted octanol–water partition coefficient (Wildman–Crippen LogP) is 2.34. The van der Waals surface area contributed by atoms with E-state index in [-0.39, 0.29) is 17.7 Å². The lowest BCUT2D eigenvalue weighted by atomic mass is 10.0. The number of halogens is 1. The molecule has 1 amide bonds. The summed E-state index contributed by atoms with van der Waals surface area (Å²) < 4.78 is 5.94. The van der Waals surface area contributed by atoms with Crippen molar-refractivity contribution in [3.63, 3.8) is 0 Å². The van der Waals surface area contributed by atoms with E-state index < -0.39 is 17.9 Å². The lowest BCUT2D eigenvalue weighted by Gasteiger charge is -2.19. The summed E-state index contributed by atoms with van der Waals surface area (Å²) in [5, 5.41) is 7.24. The van der Waals surface area contributed by atoms with Gasteiger partial charge < -0.3 is 10.1 Å². The van der Waals surface area contributed by atoms with Gasteiger partial charge in [-0.25, -0.2) is 4.68 Å². The molecule has 0 saturated carbocycles. The average Bonchev–Trinajstić information content (AvgIpc) is 2.63. The largest absolute Gasteiger partial charge is 0.469 e. The first-order valence-electron chi connectivity index (χ1n) is 8.16. The van der Waals surface area contributed by atoms with E-state index >= 15 is 0 Å². The Balaban J connectivity index is 2.29. The molecule has 1 aromatic carbocycles. The third-order valence-corrected chi connectivity index (χ3v) is 4.06. The summed E-state index contributed by atoms with van der Waals surface area (Å²) in [7, 11) is 1.27. The molecule has 138 valence electrons. The van der Waals surface area contributed by atoms with Crippen molar-refractivity contribution < 1.29 is 14.3 Å². The molecule has 0 aliphatic heterocycles. The monoisotopic (exact) mass is 377 g/mol. The first kappa shape index (κ1) is 19.7. The first-order valence-corrected chi connectivity index (χ1v) is 8.54. The topological polar surface area (TPSA) is 90.3 Å². The normalized spacial score (nSPS) is 11.7. The second-order valence-electron chi connectivity index (χ2n) is 5.61. The van der Waals surface area contributed by atoms with Crippen LogP contribution in [0.4, 0.5) is 0 Å². The maximum Gasteiger partial charge on any atom is 0.307 e. The Labute approximate surface area is 155 Å². The van der Waals surface area contributed by atoms with Crippen LogP contribution in [0.3, 0.4) is 0 Å². The van der Waals surface area contributed by atoms with E-state index in [2.05, 4.69) is 10.4 Å². The minimum Gasteiger partial charge on any atom is -0.469 e. The minimum absolute atomic E-state index is 0.0828. The lowest BCUT2D eigenvalue weighted by molar-refractivity contribution is -0.141. The molecule has 2 rings (SSSR count). The summed E-state index contributed by atoms with van der Waals surface area (Å²) in [6.45, 7) is 2.32. The molecule has 0 aliphatic carbocycles. The average molecular weight is 378 g/mol. The number of esters is 1. The van der Waals surface area contributed by atoms with Gasteiger partial charge in [-0.3, -0.25) is 14.4 Å². The summed E-state index contributed by atoms with van der Waals surface area (Å²) in [6, 6.07) is 8.88. The van der Waals surface area contributed by atoms with E-state index in [4.69, 9.17) is 16.3 Å². The third kappa shape index (κ3) is 4.92. The molecule has 0 fully saturated rings. The fourth-order valence-corrected chi connectivity index (χ4v) is 2.69. The van der Waals surface area contributed by atoms with Crippen LogP contribution in [0, 0.1) is 0 Å². The number of ether oxygens (including phenoxy) is 1. The van der Waals surface area contributed by atoms with Crippen molar-refractivity contribution in [2.75, 3.05) is 7.11 Å². The number of nitrogens with zero attached hydrogens (tertiary/aromatic N) is 2. The minimum atomic E-state index is -0.683. The van der Waals surface area contributed by atoms with Gasteiger partial charge in [-0.15, -0.1) is 0 Å². The molecule has 0 spiro atoms. The molecular formula is C18H20ClN3O4. The fraction of sp³-hybridized carbons (Fsp3) is 0.333. The number of amides is 1. The zero-order valence-electron chi connectivity index (χ0n) is 14.6. The summed E-state index contributed by atoms with van der Waals surface area (Å²) in [5.41, 5.74) is 0.399. The van der Waals surface area contributed by atoms with Gasteiger partial charge in [0.15, 0.2) is 0 Å². The van der Waals surface area contributed by atoms with Crippen LogP contribution < -0.4 is 10.9 Å². The Morgan fingerprint density at radius 1 is 1.27 bits per heavy atom. The maximum absolute atomic E-state index is 12.6. The Morgan fingerprint density at radius 3 is 2.65 bits per heavy atom. The standard InChI is InChI=1S/C18H20ClN3O4/c1-3-10-22-16(23)9-8-14(21-22)18(25)20-15(11-17(24)26-2)12-6-4-5-7-13(12)19/h4-9,15H,3,10-11H2,1-2H3,(H,20,25). The van der Waals surface area contributed by atoms with Crippen molar-refractivity contribution in [1.82, 2.24) is 15.1 Å². The summed E-state index contributed by atoms with van der Waals surface area (Å²) >= 11 is 6.20. The van der Waals surface area contributed by atoms with Crippen LogP contribution in [-0.4, -0.2) is 28.8 Å². The van der Waals surface area contributed by atoms with Crippen LogP contribution in [0.2, 0.25) is 5.02 Å². The van der Waals surface area contributed by atoms with Gasteiger partial charge in [-0.2, -0.15) is 5.10 Å². The highest BCUT2D eigenvalue weighted by Crippen LogP contribution is 2.25. The smallest absolute Gasteiger partial charge is 0.307 e. The molecule has 0 aliphatic rings. The van der Waals surface area contributed by atoms with E-state index in [0.717, 1.165) is 0 Å². The number of rotatable bonds is 7. The second-order valence-corrected chi connectivity index (χ2v) is 6.01. The lowest BCUT2D eigenvalue weighted by Crippen LogP contribution is -2.33. The molecule has 1 N–H and O–H groups in total. The van der Waals surface area contributed by atoms with Crippen LogP contribution in [0.15, 0.2) is 41.2 Å². The zero-order valence-corrected chi connectivity index (χ0v) is 15.3. The number of carbonyl (C=O) groups is 2. The Hall–Kier alpha value is -2.67. The number of aromatic nitrogens is 2. The Morgan fingerprint density at radius 2 is 2.00 bits per heavy atom. The molecule has 1 unspecified atom stereocenters. The van der Waals surface area contributed by atoms with E-state index in [1.165, 1.54) is 23.9 Å². The third-order valence-electron chi connectivity index (χ3n) is 3.72. The maximum atomic E-state index is 12.6. The van der Waals surface area contributed by atoms with Gasteiger partial charge >= 0.3 is 5.97 Å². The van der Waals surface area contributed by atoms with Gasteiger partial charge in [0.25, 0.3) is 11.5 Å². The molecule has 1 heterocycles. The SMILES string of the molecule is CCCn1nc(C(=O)NC(CC(=O)OC)c2ccccc2Cl)ccc1=O. The van der Waals surface area contributed by atoms with Gasteiger partial charge in [0.05, 0.1) is 19.6 Å². The highest BCUT2D eigenvalue weighted by atomic mass is 35.5. The van der Waals surface area contributed by atoms with Gasteiger partial charge in [0.2, 0.25) is 0 Å². The van der Waals surface area contributed by atoms with Crippen molar-refractivity contribution >= 4 is 23.5 Å². The van der Waals surface area contributed by atoms with E-state index in [0.29, 0.717) is 23.6 Å². The second kappa shape index (κ2) is 9.15. The van der Waals surface area contributed by atoms with Gasteiger partial charge in [-0.1, -0.05) is 36.7 Å². The van der Waals surface area contributed by atoms with Crippen molar-refractivity contribution in [3.8, 4) is 0 Å². The molecular weight excluding hydrogens is 358 g/mol. The number of hydrogen-bond donors (Lipinski definition) is 1. The molecule has 26 heavy (non-hydrogen) atoms. The molecule has 1 atom stereocenters. The molecule has 0 saturated heterocycles. The fourth-order valence-electron chi connectivity index (χ4n) is 2.42. The van der Waals surface area contributed by atoms with Crippen LogP contribution in [0.1, 0.15) is 41.9 Å². The van der Waals surface area contributed by atoms with Crippen molar-refractivity contribution in [2.45, 2.75) is 32.4 Å². The van der Waals surface area contributed by atoms with E-state index in [1.807, 2.05) is 6.92 Å². The quantitative estimate of drug-likeness (QED) is 0.748. The number of aryl methyl sites for hydroxylation is 1. The molecule has 0 radical (unpaired) electrons. The molecule has 1 aromatic heterocycles. The van der Waals surface area contributed by atoms with Crippen LogP contribution in [0.5, 0.6) is 0 Å². The zero-order chi connectivity index (χ0) is 19.1. The summed E-state index contributed by atoms with van der Waals surface area (Å²) in [5.74, 6) is -0.997. The first-order chi connectivity index (χ1) is 12.5. The number of hydrogen-bond acceptors (Lipinski definition) is 5. The molecule has 0 bridgehead atoms. The van der Waals surface area contributed by atoms with Crippen LogP contribution in [0.25, 0.3) is 0 Å². The van der Waals surface area contributed by atoms with E-state index in [1.54, 1.807) is 24.3 Å². The van der Waals surface area contributed by atoms with E-state index in [9.17, 15) is 14.4 Å². The highest BCUT2D eigenvalue weighted by Gasteiger charge is 2.22. The Kier molecular flexibility index (Phi) is 6.91. The van der Waals surface area contributed by atoms with Crippen LogP contribution >= 0.6 is 11.6 Å². The summed E-state index contributed by atoms with van der Waals surface area (Å²) in [6.07, 6.45) is 0.628.